The Balaban J connectivity index is 1.43. The first-order valence-corrected chi connectivity index (χ1v) is 10.9. The molecule has 0 aromatic heterocycles. The summed E-state index contributed by atoms with van der Waals surface area (Å²) in [4.78, 5) is 40.5. The van der Waals surface area contributed by atoms with E-state index in [1.54, 1.807) is 0 Å². The van der Waals surface area contributed by atoms with E-state index in [1.165, 1.54) is 5.69 Å². The topological polar surface area (TPSA) is 108 Å². The number of carbonyl (C=O) groups is 3. The van der Waals surface area contributed by atoms with Crippen LogP contribution >= 0.6 is 0 Å². The summed E-state index contributed by atoms with van der Waals surface area (Å²) >= 11 is 0. The Kier molecular flexibility index (Phi) is 8.08. The van der Waals surface area contributed by atoms with Gasteiger partial charge in [0.1, 0.15) is 0 Å². The summed E-state index contributed by atoms with van der Waals surface area (Å²) in [6.07, 6.45) is 0.299. The number of nitrogens with two attached hydrogens (primary N) is 1. The van der Waals surface area contributed by atoms with E-state index in [4.69, 9.17) is 5.73 Å². The number of primary amides is 1. The van der Waals surface area contributed by atoms with E-state index in [0.29, 0.717) is 13.1 Å². The third-order valence-electron chi connectivity index (χ3n) is 5.68. The Labute approximate surface area is 188 Å². The molecule has 170 valence electrons. The zero-order valence-corrected chi connectivity index (χ0v) is 18.4. The third kappa shape index (κ3) is 6.47. The van der Waals surface area contributed by atoms with Crippen molar-refractivity contribution in [3.05, 3.63) is 65.7 Å². The zero-order valence-electron chi connectivity index (χ0n) is 18.4. The Morgan fingerprint density at radius 1 is 0.969 bits per heavy atom. The van der Waals surface area contributed by atoms with Crippen LogP contribution in [0, 0.1) is 6.92 Å². The standard InChI is InChI=1S/C24H31N5O3/c1-18-7-5-6-10-20(18)21(27-24(25)32)17-22(30)26-12-11-23(31)29-15-13-28(14-16-29)19-8-3-2-4-9-19/h2-10,21H,11-17H2,1H3,(H,26,30)(H3,25,27,32). The van der Waals surface area contributed by atoms with Crippen LogP contribution in [-0.2, 0) is 9.59 Å². The number of urea groups is 1. The van der Waals surface area contributed by atoms with Crippen molar-refractivity contribution in [1.82, 2.24) is 15.5 Å². The van der Waals surface area contributed by atoms with Crippen molar-refractivity contribution in [1.29, 1.82) is 0 Å². The summed E-state index contributed by atoms with van der Waals surface area (Å²) in [6, 6.07) is 16.5. The first kappa shape index (κ1) is 23.1. The van der Waals surface area contributed by atoms with Gasteiger partial charge in [-0.2, -0.15) is 0 Å². The lowest BCUT2D eigenvalue weighted by molar-refractivity contribution is -0.131. The summed E-state index contributed by atoms with van der Waals surface area (Å²) < 4.78 is 0. The minimum atomic E-state index is -0.684. The van der Waals surface area contributed by atoms with Crippen molar-refractivity contribution in [2.75, 3.05) is 37.6 Å². The maximum absolute atomic E-state index is 12.5. The number of rotatable bonds is 8. The minimum Gasteiger partial charge on any atom is -0.368 e. The lowest BCUT2D eigenvalue weighted by Gasteiger charge is -2.36. The molecule has 1 fully saturated rings. The molecule has 32 heavy (non-hydrogen) atoms. The first-order valence-electron chi connectivity index (χ1n) is 10.9. The number of amides is 4. The molecule has 1 aliphatic rings. The van der Waals surface area contributed by atoms with Gasteiger partial charge in [0, 0.05) is 44.8 Å². The summed E-state index contributed by atoms with van der Waals surface area (Å²) in [6.45, 7) is 5.09. The second-order valence-corrected chi connectivity index (χ2v) is 7.93. The van der Waals surface area contributed by atoms with Gasteiger partial charge in [0.05, 0.1) is 12.5 Å². The lowest BCUT2D eigenvalue weighted by atomic mass is 9.98. The molecule has 0 spiro atoms. The molecule has 1 aliphatic heterocycles. The molecular formula is C24H31N5O3. The predicted molar refractivity (Wildman–Crippen MR) is 124 cm³/mol. The molecule has 4 N–H and O–H groups in total. The fourth-order valence-electron chi connectivity index (χ4n) is 3.97. The summed E-state index contributed by atoms with van der Waals surface area (Å²) in [5.74, 6) is -0.211. The van der Waals surface area contributed by atoms with Crippen LogP contribution in [0.2, 0.25) is 0 Å². The Bertz CT molecular complexity index is 926. The van der Waals surface area contributed by atoms with Crippen molar-refractivity contribution in [3.63, 3.8) is 0 Å². The van der Waals surface area contributed by atoms with Crippen LogP contribution in [0.1, 0.15) is 30.0 Å². The zero-order chi connectivity index (χ0) is 22.9. The molecule has 1 atom stereocenters. The predicted octanol–water partition coefficient (Wildman–Crippen LogP) is 1.95. The fourth-order valence-corrected chi connectivity index (χ4v) is 3.97. The van der Waals surface area contributed by atoms with Gasteiger partial charge in [-0.1, -0.05) is 42.5 Å². The van der Waals surface area contributed by atoms with E-state index >= 15 is 0 Å². The van der Waals surface area contributed by atoms with Crippen LogP contribution in [0.4, 0.5) is 10.5 Å². The van der Waals surface area contributed by atoms with E-state index in [1.807, 2.05) is 54.3 Å². The Morgan fingerprint density at radius 2 is 1.62 bits per heavy atom. The summed E-state index contributed by atoms with van der Waals surface area (Å²) in [7, 11) is 0. The van der Waals surface area contributed by atoms with Gasteiger partial charge in [0.25, 0.3) is 0 Å². The van der Waals surface area contributed by atoms with Crippen molar-refractivity contribution in [2.45, 2.75) is 25.8 Å². The van der Waals surface area contributed by atoms with Crippen LogP contribution in [0.25, 0.3) is 0 Å². The minimum absolute atomic E-state index is 0.0312. The molecule has 3 rings (SSSR count). The molecule has 8 heteroatoms. The third-order valence-corrected chi connectivity index (χ3v) is 5.68. The molecule has 0 radical (unpaired) electrons. The van der Waals surface area contributed by atoms with Crippen LogP contribution < -0.4 is 21.3 Å². The van der Waals surface area contributed by atoms with Crippen LogP contribution in [0.15, 0.2) is 54.6 Å². The number of benzene rings is 2. The molecule has 2 aromatic rings. The smallest absolute Gasteiger partial charge is 0.312 e. The highest BCUT2D eigenvalue weighted by molar-refractivity contribution is 5.80. The van der Waals surface area contributed by atoms with E-state index < -0.39 is 12.1 Å². The number of nitrogens with zero attached hydrogens (tertiary/aromatic N) is 2. The molecular weight excluding hydrogens is 406 g/mol. The molecule has 1 heterocycles. The number of hydrogen-bond acceptors (Lipinski definition) is 4. The van der Waals surface area contributed by atoms with E-state index in [-0.39, 0.29) is 31.2 Å². The number of aryl methyl sites for hydroxylation is 1. The molecule has 2 aromatic carbocycles. The summed E-state index contributed by atoms with van der Waals surface area (Å²) in [5.41, 5.74) is 8.26. The fraction of sp³-hybridized carbons (Fsp3) is 0.375. The number of para-hydroxylation sites is 1. The van der Waals surface area contributed by atoms with E-state index in [2.05, 4.69) is 27.7 Å². The van der Waals surface area contributed by atoms with Crippen LogP contribution in [-0.4, -0.2) is 55.5 Å². The molecule has 1 unspecified atom stereocenters. The highest BCUT2D eigenvalue weighted by atomic mass is 16.2. The van der Waals surface area contributed by atoms with Gasteiger partial charge < -0.3 is 26.2 Å². The van der Waals surface area contributed by atoms with Gasteiger partial charge in [-0.3, -0.25) is 9.59 Å². The van der Waals surface area contributed by atoms with Crippen molar-refractivity contribution in [3.8, 4) is 0 Å². The van der Waals surface area contributed by atoms with E-state index in [0.717, 1.165) is 24.2 Å². The van der Waals surface area contributed by atoms with Crippen LogP contribution in [0.3, 0.4) is 0 Å². The normalized spacial score (nSPS) is 14.5. The SMILES string of the molecule is Cc1ccccc1C(CC(=O)NCCC(=O)N1CCN(c2ccccc2)CC1)NC(N)=O. The first-order chi connectivity index (χ1) is 15.4. The van der Waals surface area contributed by atoms with Gasteiger partial charge in [-0.05, 0) is 30.2 Å². The van der Waals surface area contributed by atoms with Crippen molar-refractivity contribution in [2.24, 2.45) is 5.73 Å². The van der Waals surface area contributed by atoms with Crippen LogP contribution in [0.5, 0.6) is 0 Å². The largest absolute Gasteiger partial charge is 0.368 e. The number of anilines is 1. The molecule has 0 saturated carbocycles. The molecule has 8 nitrogen and oxygen atoms in total. The van der Waals surface area contributed by atoms with Crippen molar-refractivity contribution < 1.29 is 14.4 Å². The Hall–Kier alpha value is -3.55. The monoisotopic (exact) mass is 437 g/mol. The molecule has 0 bridgehead atoms. The van der Waals surface area contributed by atoms with Gasteiger partial charge in [0.2, 0.25) is 11.8 Å². The summed E-state index contributed by atoms with van der Waals surface area (Å²) in [5, 5.41) is 5.43. The average Bonchev–Trinajstić information content (AvgIpc) is 2.79. The van der Waals surface area contributed by atoms with Crippen molar-refractivity contribution >= 4 is 23.5 Å². The van der Waals surface area contributed by atoms with Gasteiger partial charge in [-0.15, -0.1) is 0 Å². The number of piperazine rings is 1. The molecule has 1 saturated heterocycles. The maximum atomic E-state index is 12.5. The van der Waals surface area contributed by atoms with Gasteiger partial charge >= 0.3 is 6.03 Å². The average molecular weight is 438 g/mol. The number of nitrogens with one attached hydrogen (secondary N) is 2. The second kappa shape index (κ2) is 11.2. The second-order valence-electron chi connectivity index (χ2n) is 7.93. The highest BCUT2D eigenvalue weighted by Crippen LogP contribution is 2.20. The quantitative estimate of drug-likeness (QED) is 0.587. The molecule has 4 amide bonds. The van der Waals surface area contributed by atoms with E-state index in [9.17, 15) is 14.4 Å². The molecule has 0 aliphatic carbocycles. The lowest BCUT2D eigenvalue weighted by Crippen LogP contribution is -2.49. The maximum Gasteiger partial charge on any atom is 0.312 e. The van der Waals surface area contributed by atoms with Gasteiger partial charge in [0.15, 0.2) is 0 Å². The highest BCUT2D eigenvalue weighted by Gasteiger charge is 2.22. The number of carbonyl (C=O) groups excluding carboxylic acids is 3. The van der Waals surface area contributed by atoms with Gasteiger partial charge in [-0.25, -0.2) is 4.79 Å². The Morgan fingerprint density at radius 3 is 2.28 bits per heavy atom. The number of hydrogen-bond donors (Lipinski definition) is 3.